The average Bonchev–Trinajstić information content (AvgIpc) is 3.08. The first-order chi connectivity index (χ1) is 15.8. The zero-order valence-electron chi connectivity index (χ0n) is 19.2. The molecule has 2 aliphatic rings. The van der Waals surface area contributed by atoms with E-state index in [1.165, 1.54) is 6.07 Å². The maximum Gasteiger partial charge on any atom is 0.263 e. The van der Waals surface area contributed by atoms with Gasteiger partial charge in [0.05, 0.1) is 16.8 Å². The lowest BCUT2D eigenvalue weighted by atomic mass is 9.98. The van der Waals surface area contributed by atoms with Crippen molar-refractivity contribution in [3.8, 4) is 0 Å². The molecule has 0 aliphatic carbocycles. The number of amides is 1. The third kappa shape index (κ3) is 5.01. The SMILES string of the molecule is CC[C@H](C)[C@H](N=C1NS(=O)(=O)c2ccccc21)C(=O)Nc1ccc(N2CCN(C)CC2)nc1. The number of nitrogens with one attached hydrogen (secondary N) is 2. The van der Waals surface area contributed by atoms with E-state index in [9.17, 15) is 13.2 Å². The largest absolute Gasteiger partial charge is 0.354 e. The van der Waals surface area contributed by atoms with Crippen LogP contribution in [0.15, 0.2) is 52.5 Å². The smallest absolute Gasteiger partial charge is 0.263 e. The molecule has 0 bridgehead atoms. The van der Waals surface area contributed by atoms with Gasteiger partial charge in [-0.15, -0.1) is 0 Å². The van der Waals surface area contributed by atoms with E-state index in [0.717, 1.165) is 32.0 Å². The summed E-state index contributed by atoms with van der Waals surface area (Å²) in [5, 5.41) is 2.90. The van der Waals surface area contributed by atoms with Crippen LogP contribution < -0.4 is 14.9 Å². The molecule has 10 heteroatoms. The second-order valence-corrected chi connectivity index (χ2v) is 10.2. The second kappa shape index (κ2) is 9.48. The van der Waals surface area contributed by atoms with E-state index in [1.807, 2.05) is 26.0 Å². The van der Waals surface area contributed by atoms with Crippen molar-refractivity contribution in [1.82, 2.24) is 14.6 Å². The molecule has 1 amide bonds. The summed E-state index contributed by atoms with van der Waals surface area (Å²) in [4.78, 5) is 26.9. The molecule has 0 unspecified atom stereocenters. The Morgan fingerprint density at radius 1 is 1.18 bits per heavy atom. The third-order valence-corrected chi connectivity index (χ3v) is 7.62. The normalized spacial score (nSPS) is 20.7. The summed E-state index contributed by atoms with van der Waals surface area (Å²) in [6, 6.07) is 9.64. The molecule has 2 N–H and O–H groups in total. The van der Waals surface area contributed by atoms with E-state index in [1.54, 1.807) is 24.4 Å². The Labute approximate surface area is 195 Å². The summed E-state index contributed by atoms with van der Waals surface area (Å²) in [5.74, 6) is 0.702. The van der Waals surface area contributed by atoms with E-state index in [-0.39, 0.29) is 22.6 Å². The molecule has 9 nitrogen and oxygen atoms in total. The van der Waals surface area contributed by atoms with Gasteiger partial charge in [-0.05, 0) is 37.2 Å². The molecule has 1 saturated heterocycles. The average molecular weight is 471 g/mol. The van der Waals surface area contributed by atoms with Crippen LogP contribution in [0.25, 0.3) is 0 Å². The minimum atomic E-state index is -3.67. The lowest BCUT2D eigenvalue weighted by Gasteiger charge is -2.33. The number of nitrogens with zero attached hydrogens (tertiary/aromatic N) is 4. The number of likely N-dealkylation sites (N-methyl/N-ethyl adjacent to an activating group) is 1. The number of carbonyl (C=O) groups excluding carboxylic acids is 1. The number of anilines is 2. The van der Waals surface area contributed by atoms with Gasteiger partial charge in [0.1, 0.15) is 17.7 Å². The standard InChI is InChI=1S/C23H30N6O3S/c1-4-16(2)21(26-22-18-7-5-6-8-19(18)33(31,32)27-22)23(30)25-17-9-10-20(24-15-17)29-13-11-28(3)12-14-29/h5-10,15-16,21H,4,11-14H2,1-3H3,(H,25,30)(H,26,27)/t16-,21-/m0/s1. The molecule has 0 radical (unpaired) electrons. The van der Waals surface area contributed by atoms with Gasteiger partial charge in [0.25, 0.3) is 10.0 Å². The molecule has 2 atom stereocenters. The van der Waals surface area contributed by atoms with E-state index < -0.39 is 16.1 Å². The topological polar surface area (TPSA) is 107 Å². The van der Waals surface area contributed by atoms with Gasteiger partial charge in [-0.1, -0.05) is 32.4 Å². The number of fused-ring (bicyclic) bond motifs is 1. The summed E-state index contributed by atoms with van der Waals surface area (Å²) in [6.45, 7) is 7.72. The number of pyridine rings is 1. The van der Waals surface area contributed by atoms with Crippen molar-refractivity contribution in [2.24, 2.45) is 10.9 Å². The van der Waals surface area contributed by atoms with Crippen molar-refractivity contribution in [2.75, 3.05) is 43.4 Å². The fourth-order valence-electron chi connectivity index (χ4n) is 3.94. The quantitative estimate of drug-likeness (QED) is 0.668. The van der Waals surface area contributed by atoms with Crippen molar-refractivity contribution in [3.63, 3.8) is 0 Å². The minimum absolute atomic E-state index is 0.0904. The molecule has 2 aliphatic heterocycles. The van der Waals surface area contributed by atoms with Crippen molar-refractivity contribution >= 4 is 33.3 Å². The van der Waals surface area contributed by atoms with Crippen LogP contribution in [0.5, 0.6) is 0 Å². The third-order valence-electron chi connectivity index (χ3n) is 6.23. The van der Waals surface area contributed by atoms with Gasteiger partial charge in [-0.3, -0.25) is 14.5 Å². The Morgan fingerprint density at radius 3 is 2.58 bits per heavy atom. The van der Waals surface area contributed by atoms with Crippen molar-refractivity contribution in [2.45, 2.75) is 31.2 Å². The number of amidine groups is 1. The van der Waals surface area contributed by atoms with E-state index in [0.29, 0.717) is 17.7 Å². The van der Waals surface area contributed by atoms with Gasteiger partial charge in [-0.25, -0.2) is 13.4 Å². The second-order valence-electron chi connectivity index (χ2n) is 8.59. The van der Waals surface area contributed by atoms with E-state index >= 15 is 0 Å². The Bertz CT molecular complexity index is 1140. The molecule has 4 rings (SSSR count). The number of sulfonamides is 1. The zero-order valence-corrected chi connectivity index (χ0v) is 20.0. The maximum absolute atomic E-state index is 13.2. The van der Waals surface area contributed by atoms with Gasteiger partial charge >= 0.3 is 0 Å². The van der Waals surface area contributed by atoms with Crippen LogP contribution in [0.1, 0.15) is 25.8 Å². The highest BCUT2D eigenvalue weighted by Gasteiger charge is 2.33. The van der Waals surface area contributed by atoms with Gasteiger partial charge in [0.15, 0.2) is 0 Å². The molecule has 2 aromatic rings. The Morgan fingerprint density at radius 2 is 1.91 bits per heavy atom. The van der Waals surface area contributed by atoms with Crippen LogP contribution in [-0.2, 0) is 14.8 Å². The molecule has 0 spiro atoms. The molecule has 0 saturated carbocycles. The molecule has 33 heavy (non-hydrogen) atoms. The van der Waals surface area contributed by atoms with E-state index in [2.05, 4.69) is 36.9 Å². The van der Waals surface area contributed by atoms with Crippen LogP contribution in [0.2, 0.25) is 0 Å². The number of benzene rings is 1. The van der Waals surface area contributed by atoms with Gasteiger partial charge < -0.3 is 15.1 Å². The first-order valence-corrected chi connectivity index (χ1v) is 12.7. The van der Waals surface area contributed by atoms with Crippen LogP contribution in [0, 0.1) is 5.92 Å². The van der Waals surface area contributed by atoms with Crippen molar-refractivity contribution < 1.29 is 13.2 Å². The lowest BCUT2D eigenvalue weighted by molar-refractivity contribution is -0.118. The monoisotopic (exact) mass is 470 g/mol. The highest BCUT2D eigenvalue weighted by atomic mass is 32.2. The number of rotatable bonds is 6. The van der Waals surface area contributed by atoms with Crippen LogP contribution >= 0.6 is 0 Å². The number of hydrogen-bond acceptors (Lipinski definition) is 7. The predicted octanol–water partition coefficient (Wildman–Crippen LogP) is 1.93. The zero-order chi connectivity index (χ0) is 23.6. The molecule has 3 heterocycles. The highest BCUT2D eigenvalue weighted by molar-refractivity contribution is 7.90. The fourth-order valence-corrected chi connectivity index (χ4v) is 5.17. The maximum atomic E-state index is 13.2. The Kier molecular flexibility index (Phi) is 6.66. The summed E-state index contributed by atoms with van der Waals surface area (Å²) in [7, 11) is -1.56. The number of carbonyl (C=O) groups is 1. The molecule has 176 valence electrons. The first-order valence-electron chi connectivity index (χ1n) is 11.2. The van der Waals surface area contributed by atoms with Crippen LogP contribution in [-0.4, -0.2) is 69.3 Å². The Balaban J connectivity index is 1.52. The predicted molar refractivity (Wildman–Crippen MR) is 129 cm³/mol. The van der Waals surface area contributed by atoms with Gasteiger partial charge in [0.2, 0.25) is 5.91 Å². The Hall–Kier alpha value is -2.98. The summed E-state index contributed by atoms with van der Waals surface area (Å²) in [6.07, 6.45) is 2.36. The van der Waals surface area contributed by atoms with Crippen molar-refractivity contribution in [1.29, 1.82) is 0 Å². The summed E-state index contributed by atoms with van der Waals surface area (Å²) in [5.41, 5.74) is 1.07. The molecular weight excluding hydrogens is 440 g/mol. The molecule has 1 fully saturated rings. The van der Waals surface area contributed by atoms with Crippen LogP contribution in [0.3, 0.4) is 0 Å². The number of aromatic nitrogens is 1. The van der Waals surface area contributed by atoms with Crippen LogP contribution in [0.4, 0.5) is 11.5 Å². The number of piperazine rings is 1. The lowest BCUT2D eigenvalue weighted by Crippen LogP contribution is -2.44. The van der Waals surface area contributed by atoms with Crippen molar-refractivity contribution in [3.05, 3.63) is 48.2 Å². The highest BCUT2D eigenvalue weighted by Crippen LogP contribution is 2.24. The molecular formula is C23H30N6O3S. The van der Waals surface area contributed by atoms with Gasteiger partial charge in [0, 0.05) is 31.7 Å². The van der Waals surface area contributed by atoms with E-state index in [4.69, 9.17) is 0 Å². The molecule has 1 aromatic heterocycles. The molecule has 1 aromatic carbocycles. The first kappa shape index (κ1) is 23.2. The summed E-state index contributed by atoms with van der Waals surface area (Å²) < 4.78 is 27.3. The summed E-state index contributed by atoms with van der Waals surface area (Å²) >= 11 is 0. The van der Waals surface area contributed by atoms with Gasteiger partial charge in [-0.2, -0.15) is 0 Å². The minimum Gasteiger partial charge on any atom is -0.354 e. The fraction of sp³-hybridized carbons (Fsp3) is 0.435. The number of aliphatic imine (C=N–C) groups is 1. The number of hydrogen-bond donors (Lipinski definition) is 2.